The summed E-state index contributed by atoms with van der Waals surface area (Å²) < 4.78 is 28.6. The summed E-state index contributed by atoms with van der Waals surface area (Å²) in [5, 5.41) is 3.19. The Morgan fingerprint density at radius 2 is 1.95 bits per heavy atom. The van der Waals surface area contributed by atoms with Gasteiger partial charge in [0.25, 0.3) is 0 Å². The Morgan fingerprint density at radius 3 is 2.57 bits per heavy atom. The maximum absolute atomic E-state index is 14.4. The van der Waals surface area contributed by atoms with Gasteiger partial charge in [-0.1, -0.05) is 26.0 Å². The highest BCUT2D eigenvalue weighted by molar-refractivity contribution is 5.31. The van der Waals surface area contributed by atoms with Gasteiger partial charge in [-0.05, 0) is 37.2 Å². The highest BCUT2D eigenvalue weighted by Gasteiger charge is 2.27. The van der Waals surface area contributed by atoms with Gasteiger partial charge in [0.05, 0.1) is 0 Å². The van der Waals surface area contributed by atoms with Crippen molar-refractivity contribution in [2.24, 2.45) is 0 Å². The smallest absolute Gasteiger partial charge is 0.133 e. The molecular weight excluding hydrogens is 270 g/mol. The predicted octanol–water partition coefficient (Wildman–Crippen LogP) is 4.12. The third kappa shape index (κ3) is 3.27. The van der Waals surface area contributed by atoms with Crippen LogP contribution in [-0.2, 0) is 0 Å². The molecule has 1 N–H and O–H groups in total. The van der Waals surface area contributed by atoms with Crippen LogP contribution in [0.2, 0.25) is 0 Å². The molecule has 0 saturated carbocycles. The third-order valence-electron chi connectivity index (χ3n) is 3.71. The second-order valence-corrected chi connectivity index (χ2v) is 5.17. The number of nitrogens with one attached hydrogen (secondary N) is 1. The van der Waals surface area contributed by atoms with Gasteiger partial charge in [-0.3, -0.25) is 4.98 Å². The number of pyridine rings is 1. The number of halogens is 2. The van der Waals surface area contributed by atoms with Crippen LogP contribution < -0.4 is 5.32 Å². The van der Waals surface area contributed by atoms with Crippen molar-refractivity contribution in [2.45, 2.75) is 32.7 Å². The maximum atomic E-state index is 14.4. The van der Waals surface area contributed by atoms with E-state index in [1.54, 1.807) is 13.1 Å². The molecule has 1 aromatic carbocycles. The Hall–Kier alpha value is -1.81. The summed E-state index contributed by atoms with van der Waals surface area (Å²) in [5.74, 6) is -1.15. The van der Waals surface area contributed by atoms with Crippen LogP contribution in [0.3, 0.4) is 0 Å². The van der Waals surface area contributed by atoms with E-state index in [1.165, 1.54) is 12.1 Å². The first kappa shape index (κ1) is 15.6. The fourth-order valence-electron chi connectivity index (χ4n) is 2.53. The minimum absolute atomic E-state index is 0.0926. The summed E-state index contributed by atoms with van der Waals surface area (Å²) >= 11 is 0. The van der Waals surface area contributed by atoms with Gasteiger partial charge in [-0.25, -0.2) is 8.78 Å². The summed E-state index contributed by atoms with van der Waals surface area (Å²) in [6.07, 6.45) is 1.69. The largest absolute Gasteiger partial charge is 0.309 e. The van der Waals surface area contributed by atoms with E-state index in [9.17, 15) is 8.78 Å². The molecule has 21 heavy (non-hydrogen) atoms. The van der Waals surface area contributed by atoms with E-state index in [1.807, 2.05) is 32.0 Å². The van der Waals surface area contributed by atoms with Crippen molar-refractivity contribution >= 4 is 0 Å². The second kappa shape index (κ2) is 6.76. The molecule has 4 heteroatoms. The number of hydrogen-bond acceptors (Lipinski definition) is 2. The molecule has 0 spiro atoms. The van der Waals surface area contributed by atoms with E-state index in [-0.39, 0.29) is 11.5 Å². The van der Waals surface area contributed by atoms with Gasteiger partial charge in [0.1, 0.15) is 11.6 Å². The summed E-state index contributed by atoms with van der Waals surface area (Å²) in [6, 6.07) is 7.91. The van der Waals surface area contributed by atoms with Crippen LogP contribution in [0.4, 0.5) is 8.78 Å². The van der Waals surface area contributed by atoms with Gasteiger partial charge in [-0.15, -0.1) is 0 Å². The first-order valence-electron chi connectivity index (χ1n) is 7.15. The quantitative estimate of drug-likeness (QED) is 0.896. The predicted molar refractivity (Wildman–Crippen MR) is 80.2 cm³/mol. The van der Waals surface area contributed by atoms with E-state index in [2.05, 4.69) is 10.3 Å². The van der Waals surface area contributed by atoms with Crippen molar-refractivity contribution in [2.75, 3.05) is 6.54 Å². The molecule has 2 unspecified atom stereocenters. The van der Waals surface area contributed by atoms with Crippen LogP contribution in [0.5, 0.6) is 0 Å². The number of benzene rings is 1. The van der Waals surface area contributed by atoms with E-state index in [0.29, 0.717) is 12.1 Å². The molecule has 1 heterocycles. The molecule has 2 rings (SSSR count). The molecule has 0 aliphatic rings. The number of nitrogens with zero attached hydrogens (tertiary/aromatic N) is 1. The molecule has 0 amide bonds. The van der Waals surface area contributed by atoms with Crippen molar-refractivity contribution in [1.29, 1.82) is 0 Å². The summed E-state index contributed by atoms with van der Waals surface area (Å²) in [7, 11) is 0. The molecule has 0 fully saturated rings. The average Bonchev–Trinajstić information content (AvgIpc) is 2.50. The fraction of sp³-hybridized carbons (Fsp3) is 0.353. The molecule has 1 aromatic heterocycles. The Morgan fingerprint density at radius 1 is 1.19 bits per heavy atom. The highest BCUT2D eigenvalue weighted by atomic mass is 19.1. The number of aryl methyl sites for hydroxylation is 1. The van der Waals surface area contributed by atoms with Crippen LogP contribution in [0.25, 0.3) is 0 Å². The van der Waals surface area contributed by atoms with E-state index in [4.69, 9.17) is 0 Å². The number of hydrogen-bond donors (Lipinski definition) is 1. The van der Waals surface area contributed by atoms with Crippen LogP contribution in [0, 0.1) is 18.6 Å². The minimum Gasteiger partial charge on any atom is -0.309 e. The first-order chi connectivity index (χ1) is 10.1. The third-order valence-corrected chi connectivity index (χ3v) is 3.71. The summed E-state index contributed by atoms with van der Waals surface area (Å²) in [4.78, 5) is 4.30. The van der Waals surface area contributed by atoms with Gasteiger partial charge in [-0.2, -0.15) is 0 Å². The van der Waals surface area contributed by atoms with Crippen molar-refractivity contribution in [1.82, 2.24) is 10.3 Å². The van der Waals surface area contributed by atoms with Gasteiger partial charge >= 0.3 is 0 Å². The van der Waals surface area contributed by atoms with Gasteiger partial charge in [0.2, 0.25) is 0 Å². The molecule has 0 radical (unpaired) electrons. The lowest BCUT2D eigenvalue weighted by Gasteiger charge is -2.26. The molecule has 112 valence electrons. The normalized spacial score (nSPS) is 14.0. The second-order valence-electron chi connectivity index (χ2n) is 5.17. The van der Waals surface area contributed by atoms with Crippen molar-refractivity contribution < 1.29 is 8.78 Å². The maximum Gasteiger partial charge on any atom is 0.133 e. The molecule has 0 aliphatic carbocycles. The lowest BCUT2D eigenvalue weighted by Crippen LogP contribution is -2.28. The highest BCUT2D eigenvalue weighted by Crippen LogP contribution is 2.33. The Balaban J connectivity index is 2.47. The van der Waals surface area contributed by atoms with E-state index < -0.39 is 17.7 Å². The van der Waals surface area contributed by atoms with E-state index >= 15 is 0 Å². The first-order valence-corrected chi connectivity index (χ1v) is 7.15. The van der Waals surface area contributed by atoms with Gasteiger partial charge in [0.15, 0.2) is 0 Å². The zero-order valence-corrected chi connectivity index (χ0v) is 12.5. The van der Waals surface area contributed by atoms with Crippen molar-refractivity contribution in [3.63, 3.8) is 0 Å². The molecule has 2 atom stereocenters. The summed E-state index contributed by atoms with van der Waals surface area (Å²) in [6.45, 7) is 6.11. The monoisotopic (exact) mass is 290 g/mol. The minimum atomic E-state index is -0.521. The molecule has 0 bridgehead atoms. The molecule has 0 saturated heterocycles. The van der Waals surface area contributed by atoms with Crippen LogP contribution in [0.1, 0.15) is 42.6 Å². The number of aromatic nitrogens is 1. The topological polar surface area (TPSA) is 24.9 Å². The number of rotatable bonds is 5. The summed E-state index contributed by atoms with van der Waals surface area (Å²) in [5.41, 5.74) is 1.35. The Labute approximate surface area is 124 Å². The molecule has 2 aromatic rings. The van der Waals surface area contributed by atoms with Gasteiger partial charge in [0, 0.05) is 29.4 Å². The van der Waals surface area contributed by atoms with Crippen LogP contribution in [-0.4, -0.2) is 11.5 Å². The Kier molecular flexibility index (Phi) is 5.02. The fourth-order valence-corrected chi connectivity index (χ4v) is 2.53. The lowest BCUT2D eigenvalue weighted by atomic mass is 9.89. The zero-order chi connectivity index (χ0) is 15.4. The standard InChI is InChI=1S/C17H20F2N2/c1-4-20-17(12(3)14-7-5-6-10-21-14)15-13(18)9-8-11(2)16(15)19/h5-10,12,17,20H,4H2,1-3H3. The van der Waals surface area contributed by atoms with Gasteiger partial charge < -0.3 is 5.32 Å². The van der Waals surface area contributed by atoms with Crippen LogP contribution in [0.15, 0.2) is 36.5 Å². The molecule has 0 aliphatic heterocycles. The van der Waals surface area contributed by atoms with Crippen molar-refractivity contribution in [3.05, 3.63) is 65.0 Å². The SMILES string of the molecule is CCNC(c1c(F)ccc(C)c1F)C(C)c1ccccn1. The molecular formula is C17H20F2N2. The average molecular weight is 290 g/mol. The van der Waals surface area contributed by atoms with E-state index in [0.717, 1.165) is 5.69 Å². The lowest BCUT2D eigenvalue weighted by molar-refractivity contribution is 0.424. The van der Waals surface area contributed by atoms with Crippen molar-refractivity contribution in [3.8, 4) is 0 Å². The Bertz CT molecular complexity index is 599. The number of likely N-dealkylation sites (N-methyl/N-ethyl adjacent to an activating group) is 1. The van der Waals surface area contributed by atoms with Crippen LogP contribution >= 0.6 is 0 Å². The zero-order valence-electron chi connectivity index (χ0n) is 12.5. The molecule has 2 nitrogen and oxygen atoms in total.